The van der Waals surface area contributed by atoms with E-state index in [2.05, 4.69) is 166 Å². The molecule has 99 heavy (non-hydrogen) atoms. The number of aryl methyl sites for hydroxylation is 3. The highest BCUT2D eigenvalue weighted by molar-refractivity contribution is 7.90. The summed E-state index contributed by atoms with van der Waals surface area (Å²) >= 11 is 0. The number of hydrogen-bond acceptors (Lipinski definition) is 21. The molecule has 0 amide bonds. The molecule has 28 heteroatoms. The van der Waals surface area contributed by atoms with Gasteiger partial charge >= 0.3 is 0 Å². The first-order valence-electron chi connectivity index (χ1n) is 33.4. The number of nitrogens with one attached hydrogen (secondary N) is 3. The molecular formula is C71H88N20O6SSi. The standard InChI is InChI=1S/C22H24N6O.C21H23N7O.C17H25N5O3SSi.C11H16N2O/c1-16-14-28-20(18-6-7-23-12-18)13-24-22(28)21(25-16)26-19-4-2-17(3-5-19)15-27-8-10-29-11-9-27;1-15-13-28-19(17-10-23-24-11-17)12-22-21(28)20(25-15)26-18-4-2-16(3-5-18)14-27-6-8-29-9-7-27;1-13-10-22-15(9-18-16(22)17(20-13)26(2,23)24)14-8-19-21(11-14)12-25-6-7-27(3,4)5;12-11-3-1-10(2-4-11)9-13-5-7-14-8-6-13/h2-6,12-14H,7-11,15H2,1H3,(H,25,26);2-5,10-13H,6-9,14H2,1H3,(H,23,24)(H,25,26);8-11H,6-7,12H2,1-5H3;1-4H,5-9,12H2. The molecule has 0 unspecified atom stereocenters. The lowest BCUT2D eigenvalue weighted by molar-refractivity contribution is 0.0341. The number of nitrogens with two attached hydrogens (primary N) is 1. The van der Waals surface area contributed by atoms with Crippen molar-refractivity contribution in [1.29, 1.82) is 0 Å². The van der Waals surface area contributed by atoms with E-state index in [1.807, 2.05) is 73.8 Å². The second-order valence-corrected chi connectivity index (χ2v) is 33.8. The maximum absolute atomic E-state index is 12.0. The number of sulfone groups is 1. The Hall–Kier alpha value is -9.36. The van der Waals surface area contributed by atoms with E-state index >= 15 is 0 Å². The van der Waals surface area contributed by atoms with E-state index in [1.165, 1.54) is 16.7 Å². The van der Waals surface area contributed by atoms with E-state index in [0.717, 1.165) is 209 Å². The number of aromatic nitrogens is 13. The smallest absolute Gasteiger partial charge is 0.198 e. The maximum atomic E-state index is 12.0. The molecule has 15 rings (SSSR count). The predicted molar refractivity (Wildman–Crippen MR) is 389 cm³/mol. The Kier molecular flexibility index (Phi) is 22.5. The van der Waals surface area contributed by atoms with Gasteiger partial charge in [0.15, 0.2) is 43.4 Å². The third-order valence-corrected chi connectivity index (χ3v) is 19.7. The number of ether oxygens (including phenoxy) is 4. The number of imidazole rings is 3. The van der Waals surface area contributed by atoms with Crippen LogP contribution in [0.3, 0.4) is 0 Å². The third-order valence-electron chi connectivity index (χ3n) is 17.0. The number of allylic oxidation sites excluding steroid dienone is 1. The predicted octanol–water partition coefficient (Wildman–Crippen LogP) is 9.80. The van der Waals surface area contributed by atoms with Gasteiger partial charge in [0.25, 0.3) is 0 Å². The van der Waals surface area contributed by atoms with Crippen molar-refractivity contribution >= 4 is 75.3 Å². The zero-order chi connectivity index (χ0) is 68.9. The highest BCUT2D eigenvalue weighted by atomic mass is 32.2. The Balaban J connectivity index is 0.000000129. The van der Waals surface area contributed by atoms with Gasteiger partial charge in [0.05, 0.1) is 111 Å². The number of rotatable bonds is 19. The summed E-state index contributed by atoms with van der Waals surface area (Å²) in [5, 5.41) is 18.1. The van der Waals surface area contributed by atoms with Gasteiger partial charge < -0.3 is 35.3 Å². The zero-order valence-corrected chi connectivity index (χ0v) is 59.2. The molecule has 0 radical (unpaired) electrons. The summed E-state index contributed by atoms with van der Waals surface area (Å²) in [6.45, 7) is 28.5. The van der Waals surface area contributed by atoms with E-state index in [0.29, 0.717) is 18.1 Å². The summed E-state index contributed by atoms with van der Waals surface area (Å²) in [4.78, 5) is 38.5. The molecule has 0 bridgehead atoms. The molecule has 0 saturated carbocycles. The Morgan fingerprint density at radius 1 is 0.576 bits per heavy atom. The Bertz CT molecular complexity index is 4640. The second-order valence-electron chi connectivity index (χ2n) is 26.2. The fraction of sp³-hybridized carbons (Fsp3) is 0.366. The lowest BCUT2D eigenvalue weighted by Crippen LogP contribution is -2.35. The number of nitrogen functional groups attached to an aromatic ring is 1. The molecule has 0 atom stereocenters. The SMILES string of the molecule is Cc1cn2c(-c3cn[nH]c3)cnc2c(Nc2ccc(CN3CCOCC3)cc2)n1.Cc1cn2c(-c3cnn(COCC[Si](C)(C)C)c3)cnc2c(S(C)(=O)=O)n1.Cc1cn2c(C3=CCN=C3)cnc2c(Nc2ccc(CN3CCOCC3)cc2)n1.Nc1ccc(CN2CCOCC2)cc1. The van der Waals surface area contributed by atoms with E-state index in [1.54, 1.807) is 40.8 Å². The minimum atomic E-state index is -3.47. The molecule has 5 N–H and O–H groups in total. The average Bonchev–Trinajstić information content (AvgIpc) is 1.67. The van der Waals surface area contributed by atoms with Gasteiger partial charge in [-0.1, -0.05) is 62.1 Å². The van der Waals surface area contributed by atoms with Crippen molar-refractivity contribution in [3.63, 3.8) is 0 Å². The van der Waals surface area contributed by atoms with Crippen molar-refractivity contribution in [2.24, 2.45) is 4.99 Å². The van der Waals surface area contributed by atoms with Gasteiger partial charge in [0.2, 0.25) is 0 Å². The van der Waals surface area contributed by atoms with Gasteiger partial charge in [-0.2, -0.15) is 10.2 Å². The lowest BCUT2D eigenvalue weighted by Gasteiger charge is -2.26. The average molecular weight is 1380 g/mol. The van der Waals surface area contributed by atoms with Gasteiger partial charge in [-0.25, -0.2) is 43.0 Å². The van der Waals surface area contributed by atoms with Gasteiger partial charge in [0, 0.05) is 151 Å². The fourth-order valence-electron chi connectivity index (χ4n) is 11.7. The molecule has 0 spiro atoms. The van der Waals surface area contributed by atoms with Crippen LogP contribution in [0, 0.1) is 20.8 Å². The lowest BCUT2D eigenvalue weighted by atomic mass is 10.2. The molecule has 3 fully saturated rings. The summed E-state index contributed by atoms with van der Waals surface area (Å²) in [6.07, 6.45) is 23.5. The molecule has 4 aliphatic heterocycles. The van der Waals surface area contributed by atoms with Gasteiger partial charge in [-0.15, -0.1) is 0 Å². The van der Waals surface area contributed by atoms with E-state index < -0.39 is 17.9 Å². The van der Waals surface area contributed by atoms with Gasteiger partial charge in [-0.3, -0.25) is 38.0 Å². The van der Waals surface area contributed by atoms with Crippen molar-refractivity contribution in [3.05, 3.63) is 180 Å². The number of benzene rings is 3. The number of aliphatic imine (C=N–C) groups is 1. The normalized spacial score (nSPS) is 15.5. The first-order chi connectivity index (χ1) is 47.9. The van der Waals surface area contributed by atoms with Crippen LogP contribution in [0.5, 0.6) is 0 Å². The van der Waals surface area contributed by atoms with Crippen molar-refractivity contribution in [2.75, 3.05) is 115 Å². The van der Waals surface area contributed by atoms with Crippen LogP contribution in [0.2, 0.25) is 25.7 Å². The molecule has 3 saturated heterocycles. The summed E-state index contributed by atoms with van der Waals surface area (Å²) in [6, 6.07) is 26.2. The molecule has 8 aromatic heterocycles. The van der Waals surface area contributed by atoms with E-state index in [-0.39, 0.29) is 5.03 Å². The molecular weight excluding hydrogens is 1290 g/mol. The molecule has 26 nitrogen and oxygen atoms in total. The summed E-state index contributed by atoms with van der Waals surface area (Å²) < 4.78 is 53.5. The Morgan fingerprint density at radius 2 is 1.04 bits per heavy atom. The molecule has 518 valence electrons. The minimum Gasteiger partial charge on any atom is -0.399 e. The number of morpholine rings is 3. The maximum Gasteiger partial charge on any atom is 0.198 e. The van der Waals surface area contributed by atoms with Crippen LogP contribution in [0.1, 0.15) is 39.5 Å². The van der Waals surface area contributed by atoms with Crippen LogP contribution >= 0.6 is 0 Å². The molecule has 4 aliphatic rings. The number of H-pyrrole nitrogens is 1. The number of anilines is 5. The van der Waals surface area contributed by atoms with Crippen molar-refractivity contribution in [1.82, 2.24) is 77.8 Å². The summed E-state index contributed by atoms with van der Waals surface area (Å²) in [5.41, 5.74) is 22.4. The number of nitrogens with zero attached hydrogens (tertiary/aromatic N) is 16. The fourth-order valence-corrected chi connectivity index (χ4v) is 13.3. The monoisotopic (exact) mass is 1380 g/mol. The third kappa shape index (κ3) is 18.7. The number of fused-ring (bicyclic) bond motifs is 3. The molecule has 0 aliphatic carbocycles. The van der Waals surface area contributed by atoms with E-state index in [9.17, 15) is 8.42 Å². The quantitative estimate of drug-likeness (QED) is 0.0333. The highest BCUT2D eigenvalue weighted by Gasteiger charge is 2.22. The van der Waals surface area contributed by atoms with Crippen LogP contribution in [-0.2, 0) is 55.1 Å². The van der Waals surface area contributed by atoms with Crippen molar-refractivity contribution in [2.45, 2.75) is 77.8 Å². The van der Waals surface area contributed by atoms with Gasteiger partial charge in [0.1, 0.15) is 6.73 Å². The van der Waals surface area contributed by atoms with Crippen molar-refractivity contribution in [3.8, 4) is 22.5 Å². The van der Waals surface area contributed by atoms with E-state index in [4.69, 9.17) is 24.7 Å². The molecule has 11 aromatic rings. The first kappa shape index (κ1) is 69.5. The minimum absolute atomic E-state index is 0.0178. The van der Waals surface area contributed by atoms with Crippen LogP contribution in [0.4, 0.5) is 28.7 Å². The zero-order valence-electron chi connectivity index (χ0n) is 57.4. The summed E-state index contributed by atoms with van der Waals surface area (Å²) in [7, 11) is -4.59. The van der Waals surface area contributed by atoms with Crippen LogP contribution < -0.4 is 16.4 Å². The van der Waals surface area contributed by atoms with Crippen molar-refractivity contribution < 1.29 is 27.4 Å². The van der Waals surface area contributed by atoms with Crippen LogP contribution in [0.25, 0.3) is 45.0 Å². The van der Waals surface area contributed by atoms with Crippen LogP contribution in [0.15, 0.2) is 151 Å². The first-order valence-corrected chi connectivity index (χ1v) is 39.0. The second kappa shape index (κ2) is 32.1. The summed E-state index contributed by atoms with van der Waals surface area (Å²) in [5.74, 6) is 1.49. The van der Waals surface area contributed by atoms with Crippen LogP contribution in [-0.4, -0.2) is 199 Å². The van der Waals surface area contributed by atoms with Gasteiger partial charge in [-0.05, 0) is 79.9 Å². The number of aromatic amines is 1. The Morgan fingerprint density at radius 3 is 1.52 bits per heavy atom. The largest absolute Gasteiger partial charge is 0.399 e. The Labute approximate surface area is 577 Å². The highest BCUT2D eigenvalue weighted by Crippen LogP contribution is 2.29. The molecule has 3 aromatic carbocycles. The molecule has 12 heterocycles. The number of hydrogen-bond donors (Lipinski definition) is 4. The topological polar surface area (TPSA) is 280 Å².